The number of hydrogen-bond donors (Lipinski definition) is 2. The fraction of sp³-hybridized carbons (Fsp3) is 0.435. The highest BCUT2D eigenvalue weighted by molar-refractivity contribution is 5.28. The second-order valence-electron chi connectivity index (χ2n) is 8.13. The minimum atomic E-state index is -0.413. The smallest absolute Gasteiger partial charge is 0.311 e. The van der Waals surface area contributed by atoms with Gasteiger partial charge in [0.05, 0.1) is 0 Å². The molecule has 5 heteroatoms. The SMILES string of the molecule is Cc1ccnc(Cc2c(C3CCC(C4C=CC=CC4)CC3)[nH]c(=O)[nH]c2=O)c1. The molecule has 0 saturated heterocycles. The molecule has 1 unspecified atom stereocenters. The molecular formula is C23H27N3O2. The Kier molecular flexibility index (Phi) is 5.42. The minimum absolute atomic E-state index is 0.231. The summed E-state index contributed by atoms with van der Waals surface area (Å²) < 4.78 is 0. The van der Waals surface area contributed by atoms with E-state index in [-0.39, 0.29) is 11.5 Å². The van der Waals surface area contributed by atoms with Crippen molar-refractivity contribution in [2.45, 2.75) is 51.4 Å². The van der Waals surface area contributed by atoms with Crippen LogP contribution in [0, 0.1) is 18.8 Å². The van der Waals surface area contributed by atoms with Crippen molar-refractivity contribution < 1.29 is 0 Å². The van der Waals surface area contributed by atoms with Crippen molar-refractivity contribution in [1.82, 2.24) is 15.0 Å². The number of rotatable bonds is 4. The normalized spacial score (nSPS) is 24.4. The van der Waals surface area contributed by atoms with Gasteiger partial charge in [0, 0.05) is 29.6 Å². The largest absolute Gasteiger partial charge is 0.325 e. The van der Waals surface area contributed by atoms with E-state index in [1.807, 2.05) is 19.1 Å². The standard InChI is InChI=1S/C23H27N3O2/c1-15-11-12-24-19(13-15)14-20-21(25-23(28)26-22(20)27)18-9-7-17(8-10-18)16-5-3-2-4-6-16/h2-5,11-13,16-18H,6-10,14H2,1H3,(H2,25,26,27,28). The molecule has 2 heterocycles. The van der Waals surface area contributed by atoms with Gasteiger partial charge in [0.2, 0.25) is 0 Å². The van der Waals surface area contributed by atoms with Gasteiger partial charge in [-0.3, -0.25) is 14.8 Å². The Labute approximate surface area is 164 Å². The lowest BCUT2D eigenvalue weighted by Crippen LogP contribution is -2.31. The lowest BCUT2D eigenvalue weighted by molar-refractivity contribution is 0.262. The summed E-state index contributed by atoms with van der Waals surface area (Å²) in [6.07, 6.45) is 16.5. The predicted octanol–water partition coefficient (Wildman–Crippen LogP) is 3.76. The average Bonchev–Trinajstić information content (AvgIpc) is 2.71. The Morgan fingerprint density at radius 1 is 1.11 bits per heavy atom. The minimum Gasteiger partial charge on any atom is -0.311 e. The van der Waals surface area contributed by atoms with Crippen LogP contribution in [0.5, 0.6) is 0 Å². The van der Waals surface area contributed by atoms with Gasteiger partial charge < -0.3 is 4.98 Å². The van der Waals surface area contributed by atoms with E-state index in [4.69, 9.17) is 0 Å². The molecule has 146 valence electrons. The molecule has 28 heavy (non-hydrogen) atoms. The van der Waals surface area contributed by atoms with Gasteiger partial charge in [-0.25, -0.2) is 4.79 Å². The number of aromatic amines is 2. The van der Waals surface area contributed by atoms with Gasteiger partial charge in [-0.05, 0) is 74.5 Å². The summed E-state index contributed by atoms with van der Waals surface area (Å²) in [5.41, 5.74) is 2.73. The summed E-state index contributed by atoms with van der Waals surface area (Å²) in [5, 5.41) is 0. The van der Waals surface area contributed by atoms with E-state index in [2.05, 4.69) is 39.3 Å². The number of nitrogens with one attached hydrogen (secondary N) is 2. The van der Waals surface area contributed by atoms with Crippen LogP contribution >= 0.6 is 0 Å². The van der Waals surface area contributed by atoms with Crippen molar-refractivity contribution in [2.75, 3.05) is 0 Å². The van der Waals surface area contributed by atoms with Crippen molar-refractivity contribution in [3.63, 3.8) is 0 Å². The topological polar surface area (TPSA) is 78.6 Å². The molecule has 0 amide bonds. The Bertz CT molecular complexity index is 1010. The molecule has 0 aliphatic heterocycles. The van der Waals surface area contributed by atoms with Crippen LogP contribution in [0.3, 0.4) is 0 Å². The van der Waals surface area contributed by atoms with Crippen LogP contribution in [0.25, 0.3) is 0 Å². The highest BCUT2D eigenvalue weighted by Gasteiger charge is 2.29. The number of H-pyrrole nitrogens is 2. The number of aryl methyl sites for hydroxylation is 1. The summed E-state index contributed by atoms with van der Waals surface area (Å²) in [6.45, 7) is 2.01. The van der Waals surface area contributed by atoms with Gasteiger partial charge in [-0.15, -0.1) is 0 Å². The third-order valence-electron chi connectivity index (χ3n) is 6.20. The highest BCUT2D eigenvalue weighted by Crippen LogP contribution is 2.40. The first-order valence-electron chi connectivity index (χ1n) is 10.2. The maximum Gasteiger partial charge on any atom is 0.325 e. The van der Waals surface area contributed by atoms with Gasteiger partial charge >= 0.3 is 5.69 Å². The Balaban J connectivity index is 1.56. The van der Waals surface area contributed by atoms with Crippen LogP contribution in [0.1, 0.15) is 60.5 Å². The Morgan fingerprint density at radius 2 is 1.93 bits per heavy atom. The first-order chi connectivity index (χ1) is 13.6. The van der Waals surface area contributed by atoms with E-state index in [1.54, 1.807) is 6.20 Å². The number of allylic oxidation sites excluding steroid dienone is 4. The fourth-order valence-corrected chi connectivity index (χ4v) is 4.72. The first-order valence-corrected chi connectivity index (χ1v) is 10.2. The summed E-state index contributed by atoms with van der Waals surface area (Å²) in [6, 6.07) is 3.94. The summed E-state index contributed by atoms with van der Waals surface area (Å²) >= 11 is 0. The van der Waals surface area contributed by atoms with Crippen molar-refractivity contribution in [3.05, 3.63) is 86.0 Å². The number of pyridine rings is 1. The van der Waals surface area contributed by atoms with E-state index in [9.17, 15) is 9.59 Å². The van der Waals surface area contributed by atoms with E-state index >= 15 is 0 Å². The molecule has 1 atom stereocenters. The lowest BCUT2D eigenvalue weighted by Gasteiger charge is -2.33. The molecule has 1 saturated carbocycles. The molecule has 2 aliphatic rings. The van der Waals surface area contributed by atoms with E-state index in [1.165, 1.54) is 0 Å². The highest BCUT2D eigenvalue weighted by atomic mass is 16.2. The molecule has 2 aliphatic carbocycles. The number of hydrogen-bond acceptors (Lipinski definition) is 3. The molecule has 1 fully saturated rings. The summed E-state index contributed by atoms with van der Waals surface area (Å²) in [4.78, 5) is 34.3. The first kappa shape index (κ1) is 18.7. The zero-order chi connectivity index (χ0) is 19.5. The summed E-state index contributed by atoms with van der Waals surface area (Å²) in [5.74, 6) is 1.54. The predicted molar refractivity (Wildman–Crippen MR) is 111 cm³/mol. The van der Waals surface area contributed by atoms with Gasteiger partial charge in [-0.1, -0.05) is 24.3 Å². The average molecular weight is 377 g/mol. The molecule has 0 bridgehead atoms. The quantitative estimate of drug-likeness (QED) is 0.851. The van der Waals surface area contributed by atoms with Crippen molar-refractivity contribution in [3.8, 4) is 0 Å². The Hall–Kier alpha value is -2.69. The second-order valence-corrected chi connectivity index (χ2v) is 8.13. The molecule has 0 radical (unpaired) electrons. The monoisotopic (exact) mass is 377 g/mol. The van der Waals surface area contributed by atoms with Crippen molar-refractivity contribution in [2.24, 2.45) is 11.8 Å². The molecule has 0 aromatic carbocycles. The molecule has 2 aromatic heterocycles. The van der Waals surface area contributed by atoms with Crippen LogP contribution in [0.4, 0.5) is 0 Å². The van der Waals surface area contributed by atoms with Crippen molar-refractivity contribution >= 4 is 0 Å². The van der Waals surface area contributed by atoms with Crippen LogP contribution in [-0.4, -0.2) is 15.0 Å². The van der Waals surface area contributed by atoms with E-state index in [0.29, 0.717) is 23.8 Å². The third kappa shape index (κ3) is 4.08. The zero-order valence-corrected chi connectivity index (χ0v) is 16.3. The van der Waals surface area contributed by atoms with Crippen LogP contribution in [0.15, 0.2) is 52.2 Å². The van der Waals surface area contributed by atoms with Gasteiger partial charge in [0.1, 0.15) is 0 Å². The maximum absolute atomic E-state index is 12.6. The van der Waals surface area contributed by atoms with Gasteiger partial charge in [0.25, 0.3) is 5.56 Å². The molecule has 4 rings (SSSR count). The van der Waals surface area contributed by atoms with E-state index < -0.39 is 5.69 Å². The van der Waals surface area contributed by atoms with Crippen LogP contribution in [-0.2, 0) is 6.42 Å². The molecular weight excluding hydrogens is 350 g/mol. The fourth-order valence-electron chi connectivity index (χ4n) is 4.72. The van der Waals surface area contributed by atoms with Gasteiger partial charge in [-0.2, -0.15) is 0 Å². The number of nitrogens with zero attached hydrogens (tertiary/aromatic N) is 1. The molecule has 2 N–H and O–H groups in total. The lowest BCUT2D eigenvalue weighted by atomic mass is 9.72. The molecule has 2 aromatic rings. The van der Waals surface area contributed by atoms with Crippen LogP contribution in [0.2, 0.25) is 0 Å². The number of aromatic nitrogens is 3. The van der Waals surface area contributed by atoms with Gasteiger partial charge in [0.15, 0.2) is 0 Å². The molecule has 0 spiro atoms. The van der Waals surface area contributed by atoms with E-state index in [0.717, 1.165) is 49.1 Å². The maximum atomic E-state index is 12.6. The zero-order valence-electron chi connectivity index (χ0n) is 16.3. The molecule has 5 nitrogen and oxygen atoms in total. The third-order valence-corrected chi connectivity index (χ3v) is 6.20. The second kappa shape index (κ2) is 8.13. The van der Waals surface area contributed by atoms with Crippen molar-refractivity contribution in [1.29, 1.82) is 0 Å². The Morgan fingerprint density at radius 3 is 2.64 bits per heavy atom. The van der Waals surface area contributed by atoms with Crippen LogP contribution < -0.4 is 11.2 Å². The summed E-state index contributed by atoms with van der Waals surface area (Å²) in [7, 11) is 0.